The van der Waals surface area contributed by atoms with E-state index in [9.17, 15) is 22.8 Å². The first-order chi connectivity index (χ1) is 13.2. The van der Waals surface area contributed by atoms with Gasteiger partial charge in [0.05, 0.1) is 0 Å². The molecule has 148 valence electrons. The van der Waals surface area contributed by atoms with Gasteiger partial charge in [-0.2, -0.15) is 13.2 Å². The predicted molar refractivity (Wildman–Crippen MR) is 92.6 cm³/mol. The second-order valence-corrected chi connectivity index (χ2v) is 6.28. The number of rotatable bonds is 5. The summed E-state index contributed by atoms with van der Waals surface area (Å²) in [5.41, 5.74) is 15.7. The van der Waals surface area contributed by atoms with Crippen molar-refractivity contribution in [3.8, 4) is 11.1 Å². The Morgan fingerprint density at radius 2 is 1.71 bits per heavy atom. The number of alkyl halides is 3. The number of esters is 2. The van der Waals surface area contributed by atoms with Crippen molar-refractivity contribution in [2.45, 2.75) is 31.5 Å². The van der Waals surface area contributed by atoms with Crippen LogP contribution in [-0.2, 0) is 32.1 Å². The molecule has 0 bridgehead atoms. The quantitative estimate of drug-likeness (QED) is 0.507. The molecule has 2 aromatic rings. The van der Waals surface area contributed by atoms with Gasteiger partial charge in [-0.25, -0.2) is 4.79 Å². The topological polar surface area (TPSA) is 105 Å². The van der Waals surface area contributed by atoms with E-state index in [4.69, 9.17) is 16.2 Å². The Balaban J connectivity index is 1.64. The standard InChI is InChI=1S/C19H17F3N2O4/c20-19(21,22)18(26)28-16(24)15(23)17(25)27-9-11-5-3-7-13-12-6-2-1-4-10(12)8-14(11)13/h1-7,15-16H,8-9,23-24H2. The van der Waals surface area contributed by atoms with E-state index in [2.05, 4.69) is 4.74 Å². The van der Waals surface area contributed by atoms with Crippen molar-refractivity contribution in [2.75, 3.05) is 0 Å². The van der Waals surface area contributed by atoms with Gasteiger partial charge in [-0.1, -0.05) is 42.5 Å². The van der Waals surface area contributed by atoms with E-state index >= 15 is 0 Å². The summed E-state index contributed by atoms with van der Waals surface area (Å²) in [5.74, 6) is -3.60. The summed E-state index contributed by atoms with van der Waals surface area (Å²) in [4.78, 5) is 22.8. The van der Waals surface area contributed by atoms with Gasteiger partial charge in [-0.3, -0.25) is 10.5 Å². The second kappa shape index (κ2) is 7.61. The molecule has 0 amide bonds. The molecule has 4 N–H and O–H groups in total. The third kappa shape index (κ3) is 4.00. The van der Waals surface area contributed by atoms with E-state index in [1.807, 2.05) is 36.4 Å². The fraction of sp³-hybridized carbons (Fsp3) is 0.263. The fourth-order valence-electron chi connectivity index (χ4n) is 3.00. The van der Waals surface area contributed by atoms with Crippen molar-refractivity contribution in [3.05, 3.63) is 59.2 Å². The van der Waals surface area contributed by atoms with E-state index in [0.717, 1.165) is 27.8 Å². The fourth-order valence-corrected chi connectivity index (χ4v) is 3.00. The van der Waals surface area contributed by atoms with Gasteiger partial charge in [-0.05, 0) is 34.2 Å². The molecule has 0 saturated heterocycles. The number of carbonyl (C=O) groups excluding carboxylic acids is 2. The van der Waals surface area contributed by atoms with Gasteiger partial charge in [0.25, 0.3) is 0 Å². The highest BCUT2D eigenvalue weighted by molar-refractivity contribution is 5.80. The van der Waals surface area contributed by atoms with Gasteiger partial charge in [0.2, 0.25) is 0 Å². The zero-order chi connectivity index (χ0) is 20.5. The Bertz CT molecular complexity index is 914. The summed E-state index contributed by atoms with van der Waals surface area (Å²) in [5, 5.41) is 0. The number of halogens is 3. The monoisotopic (exact) mass is 394 g/mol. The smallest absolute Gasteiger partial charge is 0.460 e. The van der Waals surface area contributed by atoms with E-state index in [0.29, 0.717) is 6.42 Å². The van der Waals surface area contributed by atoms with Gasteiger partial charge in [0.1, 0.15) is 6.61 Å². The summed E-state index contributed by atoms with van der Waals surface area (Å²) in [6, 6.07) is 11.7. The van der Waals surface area contributed by atoms with Crippen LogP contribution in [0.25, 0.3) is 11.1 Å². The normalized spacial score (nSPS) is 14.6. The van der Waals surface area contributed by atoms with Crippen LogP contribution in [0.3, 0.4) is 0 Å². The molecule has 0 aromatic heterocycles. The Kier molecular flexibility index (Phi) is 5.39. The van der Waals surface area contributed by atoms with Crippen LogP contribution < -0.4 is 11.5 Å². The highest BCUT2D eigenvalue weighted by Gasteiger charge is 2.43. The van der Waals surface area contributed by atoms with Crippen molar-refractivity contribution in [3.63, 3.8) is 0 Å². The molecular weight excluding hydrogens is 377 g/mol. The van der Waals surface area contributed by atoms with Gasteiger partial charge >= 0.3 is 18.1 Å². The number of ether oxygens (including phenoxy) is 2. The van der Waals surface area contributed by atoms with E-state index in [1.165, 1.54) is 0 Å². The minimum Gasteiger partial charge on any atom is -0.460 e. The Hall–Kier alpha value is -2.91. The first-order valence-electron chi connectivity index (χ1n) is 8.33. The summed E-state index contributed by atoms with van der Waals surface area (Å²) < 4.78 is 45.6. The van der Waals surface area contributed by atoms with Gasteiger partial charge in [0, 0.05) is 0 Å². The first-order valence-corrected chi connectivity index (χ1v) is 8.33. The Labute approximate surface area is 158 Å². The van der Waals surface area contributed by atoms with Crippen LogP contribution in [-0.4, -0.2) is 30.4 Å². The molecule has 0 aliphatic heterocycles. The molecule has 28 heavy (non-hydrogen) atoms. The molecule has 3 rings (SSSR count). The molecule has 6 nitrogen and oxygen atoms in total. The summed E-state index contributed by atoms with van der Waals surface area (Å²) >= 11 is 0. The number of carbonyl (C=O) groups is 2. The minimum atomic E-state index is -5.24. The molecule has 1 aliphatic carbocycles. The lowest BCUT2D eigenvalue weighted by atomic mass is 10.0. The predicted octanol–water partition coefficient (Wildman–Crippen LogP) is 2.02. The lowest BCUT2D eigenvalue weighted by Crippen LogP contribution is -2.51. The van der Waals surface area contributed by atoms with Gasteiger partial charge < -0.3 is 15.2 Å². The first kappa shape index (κ1) is 19.8. The number of fused-ring (bicyclic) bond motifs is 3. The zero-order valence-electron chi connectivity index (χ0n) is 14.5. The largest absolute Gasteiger partial charge is 0.490 e. The Morgan fingerprint density at radius 3 is 2.43 bits per heavy atom. The lowest BCUT2D eigenvalue weighted by Gasteiger charge is -2.20. The summed E-state index contributed by atoms with van der Waals surface area (Å²) in [7, 11) is 0. The molecule has 0 radical (unpaired) electrons. The minimum absolute atomic E-state index is 0.135. The molecule has 2 unspecified atom stereocenters. The third-order valence-corrected chi connectivity index (χ3v) is 4.42. The van der Waals surface area contributed by atoms with Crippen LogP contribution in [0.1, 0.15) is 16.7 Å². The SMILES string of the molecule is NC(OC(=O)C(F)(F)F)C(N)C(=O)OCc1cccc2c1Cc1ccccc1-2. The zero-order valence-corrected chi connectivity index (χ0v) is 14.5. The number of hydrogen-bond donors (Lipinski definition) is 2. The van der Waals surface area contributed by atoms with Gasteiger partial charge in [-0.15, -0.1) is 0 Å². The highest BCUT2D eigenvalue weighted by Crippen LogP contribution is 2.38. The molecule has 2 atom stereocenters. The molecule has 2 aromatic carbocycles. The van der Waals surface area contributed by atoms with Crippen molar-refractivity contribution in [1.82, 2.24) is 0 Å². The van der Waals surface area contributed by atoms with Gasteiger partial charge in [0.15, 0.2) is 12.3 Å². The van der Waals surface area contributed by atoms with E-state index < -0.39 is 30.4 Å². The lowest BCUT2D eigenvalue weighted by molar-refractivity contribution is -0.206. The highest BCUT2D eigenvalue weighted by atomic mass is 19.4. The van der Waals surface area contributed by atoms with Crippen LogP contribution in [0.4, 0.5) is 13.2 Å². The van der Waals surface area contributed by atoms with E-state index in [-0.39, 0.29) is 6.61 Å². The second-order valence-electron chi connectivity index (χ2n) is 6.28. The molecule has 1 aliphatic rings. The third-order valence-electron chi connectivity index (χ3n) is 4.42. The van der Waals surface area contributed by atoms with Crippen molar-refractivity contribution in [2.24, 2.45) is 11.5 Å². The van der Waals surface area contributed by atoms with E-state index in [1.54, 1.807) is 6.07 Å². The van der Waals surface area contributed by atoms with Crippen LogP contribution in [0.5, 0.6) is 0 Å². The maximum absolute atomic E-state index is 12.2. The number of hydrogen-bond acceptors (Lipinski definition) is 6. The molecular formula is C19H17F3N2O4. The maximum atomic E-state index is 12.2. The van der Waals surface area contributed by atoms with Crippen LogP contribution >= 0.6 is 0 Å². The Morgan fingerprint density at radius 1 is 1.04 bits per heavy atom. The van der Waals surface area contributed by atoms with Crippen molar-refractivity contribution in [1.29, 1.82) is 0 Å². The molecule has 0 heterocycles. The summed E-state index contributed by atoms with van der Waals surface area (Å²) in [6.07, 6.45) is -6.54. The summed E-state index contributed by atoms with van der Waals surface area (Å²) in [6.45, 7) is -0.135. The van der Waals surface area contributed by atoms with Crippen molar-refractivity contribution < 1.29 is 32.2 Å². The van der Waals surface area contributed by atoms with Crippen molar-refractivity contribution >= 4 is 11.9 Å². The molecule has 9 heteroatoms. The molecule has 0 spiro atoms. The van der Waals surface area contributed by atoms with Crippen LogP contribution in [0.15, 0.2) is 42.5 Å². The average molecular weight is 394 g/mol. The average Bonchev–Trinajstić information content (AvgIpc) is 3.04. The number of nitrogens with two attached hydrogens (primary N) is 2. The molecule has 0 saturated carbocycles. The molecule has 0 fully saturated rings. The van der Waals surface area contributed by atoms with Crippen LogP contribution in [0, 0.1) is 0 Å². The maximum Gasteiger partial charge on any atom is 0.490 e. The number of benzene rings is 2. The van der Waals surface area contributed by atoms with Crippen LogP contribution in [0.2, 0.25) is 0 Å².